The molecule has 3 heterocycles. The van der Waals surface area contributed by atoms with E-state index in [0.29, 0.717) is 43.3 Å². The van der Waals surface area contributed by atoms with Crippen LogP contribution in [0.25, 0.3) is 22.4 Å². The Labute approximate surface area is 156 Å². The van der Waals surface area contributed by atoms with Gasteiger partial charge in [-0.25, -0.2) is 4.98 Å². The summed E-state index contributed by atoms with van der Waals surface area (Å²) in [6.45, 7) is 1.78. The van der Waals surface area contributed by atoms with Crippen LogP contribution in [0, 0.1) is 6.92 Å². The second-order valence-corrected chi connectivity index (χ2v) is 6.97. The molecule has 126 valence electrons. The normalized spacial score (nSPS) is 11.5. The van der Waals surface area contributed by atoms with Gasteiger partial charge in [0.15, 0.2) is 0 Å². The summed E-state index contributed by atoms with van der Waals surface area (Å²) >= 11 is 13.6. The Balaban J connectivity index is 2.07. The van der Waals surface area contributed by atoms with Crippen LogP contribution in [0.2, 0.25) is 10.0 Å². The highest BCUT2D eigenvalue weighted by Crippen LogP contribution is 2.24. The quantitative estimate of drug-likeness (QED) is 0.486. The van der Waals surface area contributed by atoms with Gasteiger partial charge in [0, 0.05) is 11.2 Å². The highest BCUT2D eigenvalue weighted by atomic mass is 35.5. The molecule has 0 radical (unpaired) electrons. The first-order valence-electron chi connectivity index (χ1n) is 7.28. The smallest absolute Gasteiger partial charge is 0.266 e. The lowest BCUT2D eigenvalue weighted by Gasteiger charge is -2.10. The van der Waals surface area contributed by atoms with E-state index in [4.69, 9.17) is 23.2 Å². The lowest BCUT2D eigenvalue weighted by Crippen LogP contribution is -2.20. The summed E-state index contributed by atoms with van der Waals surface area (Å²) in [6.07, 6.45) is 3.55. The van der Waals surface area contributed by atoms with Crippen LogP contribution >= 0.6 is 35.0 Å². The van der Waals surface area contributed by atoms with E-state index in [1.165, 1.54) is 16.3 Å². The van der Waals surface area contributed by atoms with Gasteiger partial charge < -0.3 is 0 Å². The van der Waals surface area contributed by atoms with Crippen molar-refractivity contribution in [2.75, 3.05) is 6.26 Å². The molecular weight excluding hydrogens is 381 g/mol. The molecule has 0 unspecified atom stereocenters. The summed E-state index contributed by atoms with van der Waals surface area (Å²) < 4.78 is 3.07. The third-order valence-corrected chi connectivity index (χ3v) is 4.93. The van der Waals surface area contributed by atoms with Crippen molar-refractivity contribution < 1.29 is 0 Å². The fourth-order valence-corrected chi connectivity index (χ4v) is 3.56. The van der Waals surface area contributed by atoms with Gasteiger partial charge in [0.25, 0.3) is 11.3 Å². The number of halogens is 2. The van der Waals surface area contributed by atoms with E-state index in [2.05, 4.69) is 15.1 Å². The molecule has 4 rings (SSSR count). The van der Waals surface area contributed by atoms with Crippen LogP contribution in [0.3, 0.4) is 0 Å². The average Bonchev–Trinajstić information content (AvgIpc) is 2.99. The van der Waals surface area contributed by atoms with Crippen molar-refractivity contribution in [2.24, 2.45) is 0 Å². The Morgan fingerprint density at radius 3 is 2.68 bits per heavy atom. The molecule has 0 N–H and O–H groups in total. The van der Waals surface area contributed by atoms with E-state index in [9.17, 15) is 4.79 Å². The topological polar surface area (TPSA) is 65.1 Å². The average molecular weight is 392 g/mol. The van der Waals surface area contributed by atoms with Gasteiger partial charge in [-0.2, -0.15) is 9.50 Å². The zero-order valence-corrected chi connectivity index (χ0v) is 15.5. The Bertz CT molecular complexity index is 1200. The molecule has 3 aromatic heterocycles. The molecule has 0 spiro atoms. The Kier molecular flexibility index (Phi) is 3.94. The van der Waals surface area contributed by atoms with Crippen molar-refractivity contribution >= 4 is 51.6 Å². The number of pyridine rings is 1. The summed E-state index contributed by atoms with van der Waals surface area (Å²) in [4.78, 5) is 21.8. The van der Waals surface area contributed by atoms with Gasteiger partial charge in [0.2, 0.25) is 5.16 Å². The van der Waals surface area contributed by atoms with Crippen LogP contribution in [0.1, 0.15) is 5.69 Å². The van der Waals surface area contributed by atoms with Gasteiger partial charge in [-0.15, -0.1) is 5.10 Å². The lowest BCUT2D eigenvalue weighted by molar-refractivity contribution is 0.901. The van der Waals surface area contributed by atoms with Crippen LogP contribution in [-0.4, -0.2) is 30.4 Å². The first kappa shape index (κ1) is 16.4. The fraction of sp³-hybridized carbons (Fsp3) is 0.125. The van der Waals surface area contributed by atoms with E-state index in [1.54, 1.807) is 35.8 Å². The maximum atomic E-state index is 13.1. The van der Waals surface area contributed by atoms with Crippen molar-refractivity contribution in [1.29, 1.82) is 0 Å². The zero-order valence-electron chi connectivity index (χ0n) is 13.2. The van der Waals surface area contributed by atoms with Gasteiger partial charge in [0.05, 0.1) is 27.3 Å². The third-order valence-electron chi connectivity index (χ3n) is 3.85. The molecule has 0 aliphatic carbocycles. The molecule has 0 aliphatic rings. The molecular formula is C16H11Cl2N5OS. The summed E-state index contributed by atoms with van der Waals surface area (Å²) in [7, 11) is 0. The number of aryl methyl sites for hydroxylation is 1. The molecule has 9 heteroatoms. The van der Waals surface area contributed by atoms with E-state index >= 15 is 0 Å². The summed E-state index contributed by atoms with van der Waals surface area (Å²) in [5, 5.41) is 6.36. The molecule has 4 aromatic rings. The zero-order chi connectivity index (χ0) is 17.7. The van der Waals surface area contributed by atoms with Crippen LogP contribution < -0.4 is 5.56 Å². The molecule has 0 aliphatic heterocycles. The summed E-state index contributed by atoms with van der Waals surface area (Å²) in [6, 6.07) is 6.81. The van der Waals surface area contributed by atoms with E-state index in [-0.39, 0.29) is 5.56 Å². The maximum absolute atomic E-state index is 13.1. The molecule has 0 atom stereocenters. The first-order chi connectivity index (χ1) is 12.0. The number of aromatic nitrogens is 5. The number of rotatable bonds is 2. The van der Waals surface area contributed by atoms with Crippen LogP contribution in [0.5, 0.6) is 0 Å². The molecule has 0 bridgehead atoms. The van der Waals surface area contributed by atoms with E-state index in [1.807, 2.05) is 12.3 Å². The van der Waals surface area contributed by atoms with Crippen molar-refractivity contribution in [3.8, 4) is 5.69 Å². The van der Waals surface area contributed by atoms with Gasteiger partial charge >= 0.3 is 0 Å². The van der Waals surface area contributed by atoms with E-state index in [0.717, 1.165) is 0 Å². The number of benzene rings is 1. The van der Waals surface area contributed by atoms with E-state index < -0.39 is 0 Å². The standard InChI is InChI=1S/C16H11Cl2N5OS/c1-8-13-12(23-15(19-8)20-16(21-23)25-2)5-6-22(14(13)24)11-4-3-9(17)7-10(11)18/h3-7H,1-2H3. The number of thioether (sulfide) groups is 1. The van der Waals surface area contributed by atoms with Gasteiger partial charge in [0.1, 0.15) is 0 Å². The molecule has 1 aromatic carbocycles. The fourth-order valence-electron chi connectivity index (χ4n) is 2.72. The highest BCUT2D eigenvalue weighted by molar-refractivity contribution is 7.98. The molecule has 0 fully saturated rings. The molecule has 0 saturated carbocycles. The predicted molar refractivity (Wildman–Crippen MR) is 100 cm³/mol. The molecule has 25 heavy (non-hydrogen) atoms. The Hall–Kier alpha value is -2.09. The summed E-state index contributed by atoms with van der Waals surface area (Å²) in [5.41, 5.74) is 1.57. The van der Waals surface area contributed by atoms with Gasteiger partial charge in [-0.05, 0) is 37.4 Å². The molecule has 0 amide bonds. The maximum Gasteiger partial charge on any atom is 0.266 e. The van der Waals surface area contributed by atoms with Crippen LogP contribution in [0.15, 0.2) is 40.4 Å². The number of hydrogen-bond acceptors (Lipinski definition) is 5. The van der Waals surface area contributed by atoms with Crippen molar-refractivity contribution in [1.82, 2.24) is 24.1 Å². The van der Waals surface area contributed by atoms with Crippen LogP contribution in [0.4, 0.5) is 0 Å². The predicted octanol–water partition coefficient (Wildman–Crippen LogP) is 3.77. The minimum atomic E-state index is -0.227. The number of nitrogens with zero attached hydrogens (tertiary/aromatic N) is 5. The second-order valence-electron chi connectivity index (χ2n) is 5.35. The number of hydrogen-bond donors (Lipinski definition) is 0. The van der Waals surface area contributed by atoms with Crippen LogP contribution in [-0.2, 0) is 0 Å². The third kappa shape index (κ3) is 2.59. The SMILES string of the molecule is CSc1nc2nc(C)c3c(=O)n(-c4ccc(Cl)cc4Cl)ccc3n2n1. The number of fused-ring (bicyclic) bond motifs is 3. The monoisotopic (exact) mass is 391 g/mol. The highest BCUT2D eigenvalue weighted by Gasteiger charge is 2.15. The Morgan fingerprint density at radius 1 is 1.16 bits per heavy atom. The van der Waals surface area contributed by atoms with Gasteiger partial charge in [-0.3, -0.25) is 9.36 Å². The molecule has 6 nitrogen and oxygen atoms in total. The minimum Gasteiger partial charge on any atom is -0.282 e. The second kappa shape index (κ2) is 6.01. The largest absolute Gasteiger partial charge is 0.282 e. The van der Waals surface area contributed by atoms with Crippen molar-refractivity contribution in [2.45, 2.75) is 12.1 Å². The first-order valence-corrected chi connectivity index (χ1v) is 9.26. The molecule has 0 saturated heterocycles. The van der Waals surface area contributed by atoms with Gasteiger partial charge in [-0.1, -0.05) is 35.0 Å². The summed E-state index contributed by atoms with van der Waals surface area (Å²) in [5.74, 6) is 0.469. The minimum absolute atomic E-state index is 0.227. The Morgan fingerprint density at radius 2 is 1.96 bits per heavy atom. The van der Waals surface area contributed by atoms with Crippen molar-refractivity contribution in [3.05, 3.63) is 56.6 Å². The lowest BCUT2D eigenvalue weighted by atomic mass is 10.2. The van der Waals surface area contributed by atoms with Crippen molar-refractivity contribution in [3.63, 3.8) is 0 Å².